The molecule has 2 aromatic carbocycles. The van der Waals surface area contributed by atoms with Gasteiger partial charge in [0.1, 0.15) is 17.3 Å². The summed E-state index contributed by atoms with van der Waals surface area (Å²) in [7, 11) is 0. The van der Waals surface area contributed by atoms with Gasteiger partial charge >= 0.3 is 0 Å². The van der Waals surface area contributed by atoms with Crippen molar-refractivity contribution in [3.8, 4) is 11.5 Å². The molecule has 5 heteroatoms. The molecule has 1 atom stereocenters. The Hall–Kier alpha value is -2.56. The maximum atomic E-state index is 13.0. The van der Waals surface area contributed by atoms with Crippen LogP contribution in [-0.4, -0.2) is 19.1 Å². The van der Waals surface area contributed by atoms with E-state index in [1.807, 2.05) is 24.3 Å². The van der Waals surface area contributed by atoms with Crippen molar-refractivity contribution in [1.82, 2.24) is 5.32 Å². The lowest BCUT2D eigenvalue weighted by atomic mass is 10.0. The average Bonchev–Trinajstić information content (AvgIpc) is 2.53. The first-order chi connectivity index (χ1) is 10.7. The molecule has 4 nitrogen and oxygen atoms in total. The average molecular weight is 301 g/mol. The lowest BCUT2D eigenvalue weighted by molar-refractivity contribution is -0.124. The van der Waals surface area contributed by atoms with Crippen LogP contribution in [0.5, 0.6) is 11.5 Å². The predicted molar refractivity (Wildman–Crippen MR) is 79.3 cm³/mol. The van der Waals surface area contributed by atoms with E-state index in [4.69, 9.17) is 9.47 Å². The van der Waals surface area contributed by atoms with Gasteiger partial charge in [-0.25, -0.2) is 4.39 Å². The van der Waals surface area contributed by atoms with Crippen LogP contribution in [0.3, 0.4) is 0 Å². The van der Waals surface area contributed by atoms with Crippen molar-refractivity contribution in [3.63, 3.8) is 0 Å². The molecule has 2 aromatic rings. The summed E-state index contributed by atoms with van der Waals surface area (Å²) in [6.07, 6.45) is 0.711. The minimum atomic E-state index is -0.392. The van der Waals surface area contributed by atoms with Crippen molar-refractivity contribution in [2.24, 2.45) is 0 Å². The third kappa shape index (κ3) is 3.36. The second kappa shape index (κ2) is 6.47. The van der Waals surface area contributed by atoms with Gasteiger partial charge in [0.15, 0.2) is 6.61 Å². The summed E-state index contributed by atoms with van der Waals surface area (Å²) >= 11 is 0. The van der Waals surface area contributed by atoms with Crippen LogP contribution in [0.1, 0.15) is 18.0 Å². The maximum absolute atomic E-state index is 13.0. The fourth-order valence-corrected chi connectivity index (χ4v) is 2.43. The Bertz CT molecular complexity index is 674. The van der Waals surface area contributed by atoms with E-state index in [0.717, 1.165) is 11.3 Å². The van der Waals surface area contributed by atoms with Gasteiger partial charge in [-0.1, -0.05) is 24.3 Å². The first-order valence-corrected chi connectivity index (χ1v) is 7.12. The van der Waals surface area contributed by atoms with Crippen LogP contribution >= 0.6 is 0 Å². The minimum absolute atomic E-state index is 0.0893. The monoisotopic (exact) mass is 301 g/mol. The molecule has 0 bridgehead atoms. The zero-order valence-corrected chi connectivity index (χ0v) is 11.9. The maximum Gasteiger partial charge on any atom is 0.258 e. The smallest absolute Gasteiger partial charge is 0.258 e. The minimum Gasteiger partial charge on any atom is -0.493 e. The van der Waals surface area contributed by atoms with E-state index < -0.39 is 5.82 Å². The topological polar surface area (TPSA) is 47.6 Å². The van der Waals surface area contributed by atoms with Crippen molar-refractivity contribution in [3.05, 3.63) is 59.9 Å². The lowest BCUT2D eigenvalue weighted by Crippen LogP contribution is -2.35. The van der Waals surface area contributed by atoms with Crippen LogP contribution in [-0.2, 0) is 4.79 Å². The second-order valence-electron chi connectivity index (χ2n) is 5.04. The zero-order chi connectivity index (χ0) is 15.4. The molecule has 0 spiro atoms. The first kappa shape index (κ1) is 14.4. The number of ether oxygens (including phenoxy) is 2. The highest BCUT2D eigenvalue weighted by Gasteiger charge is 2.22. The molecule has 1 heterocycles. The summed E-state index contributed by atoms with van der Waals surface area (Å²) in [6, 6.07) is 13.3. The van der Waals surface area contributed by atoms with E-state index in [0.29, 0.717) is 18.8 Å². The van der Waals surface area contributed by atoms with Gasteiger partial charge in [0, 0.05) is 18.1 Å². The standard InChI is InChI=1S/C17H16FNO3/c18-12-4-3-5-13(10-12)22-11-17(20)19-15-8-9-21-16-7-2-1-6-14(15)16/h1-7,10,15H,8-9,11H2,(H,19,20)/t15-/m1/s1. The summed E-state index contributed by atoms with van der Waals surface area (Å²) in [5.74, 6) is 0.495. The van der Waals surface area contributed by atoms with Crippen LogP contribution in [0.4, 0.5) is 4.39 Å². The molecule has 1 aliphatic heterocycles. The van der Waals surface area contributed by atoms with Crippen molar-refractivity contribution >= 4 is 5.91 Å². The largest absolute Gasteiger partial charge is 0.493 e. The van der Waals surface area contributed by atoms with E-state index in [1.165, 1.54) is 18.2 Å². The summed E-state index contributed by atoms with van der Waals surface area (Å²) in [4.78, 5) is 12.0. The zero-order valence-electron chi connectivity index (χ0n) is 11.9. The summed E-state index contributed by atoms with van der Waals surface area (Å²) < 4.78 is 23.9. The van der Waals surface area contributed by atoms with E-state index in [-0.39, 0.29) is 18.6 Å². The quantitative estimate of drug-likeness (QED) is 0.944. The number of benzene rings is 2. The Morgan fingerprint density at radius 3 is 3.00 bits per heavy atom. The number of carbonyl (C=O) groups excluding carboxylic acids is 1. The molecule has 3 rings (SSSR count). The fraction of sp³-hybridized carbons (Fsp3) is 0.235. The van der Waals surface area contributed by atoms with Gasteiger partial charge in [-0.3, -0.25) is 4.79 Å². The summed E-state index contributed by atoms with van der Waals surface area (Å²) in [5.41, 5.74) is 0.966. The van der Waals surface area contributed by atoms with Gasteiger partial charge in [0.05, 0.1) is 12.6 Å². The lowest BCUT2D eigenvalue weighted by Gasteiger charge is -2.26. The Morgan fingerprint density at radius 1 is 1.27 bits per heavy atom. The number of carbonyl (C=O) groups is 1. The molecular weight excluding hydrogens is 285 g/mol. The molecule has 22 heavy (non-hydrogen) atoms. The van der Waals surface area contributed by atoms with Crippen molar-refractivity contribution < 1.29 is 18.7 Å². The Morgan fingerprint density at radius 2 is 2.14 bits per heavy atom. The van der Waals surface area contributed by atoms with Gasteiger partial charge in [0.25, 0.3) is 5.91 Å². The molecule has 0 aliphatic carbocycles. The Balaban J connectivity index is 1.59. The van der Waals surface area contributed by atoms with Gasteiger partial charge in [-0.15, -0.1) is 0 Å². The fourth-order valence-electron chi connectivity index (χ4n) is 2.43. The molecule has 0 saturated carbocycles. The van der Waals surface area contributed by atoms with Crippen LogP contribution in [0.25, 0.3) is 0 Å². The van der Waals surface area contributed by atoms with Gasteiger partial charge in [-0.05, 0) is 18.2 Å². The predicted octanol–water partition coefficient (Wildman–Crippen LogP) is 2.84. The number of nitrogens with one attached hydrogen (secondary N) is 1. The van der Waals surface area contributed by atoms with Crippen molar-refractivity contribution in [2.75, 3.05) is 13.2 Å². The Kier molecular flexibility index (Phi) is 4.23. The number of hydrogen-bond acceptors (Lipinski definition) is 3. The SMILES string of the molecule is O=C(COc1cccc(F)c1)N[C@@H]1CCOc2ccccc21. The molecule has 0 saturated heterocycles. The Labute approximate surface area is 127 Å². The highest BCUT2D eigenvalue weighted by molar-refractivity contribution is 5.78. The van der Waals surface area contributed by atoms with Crippen LogP contribution in [0.15, 0.2) is 48.5 Å². The van der Waals surface area contributed by atoms with E-state index in [2.05, 4.69) is 5.32 Å². The first-order valence-electron chi connectivity index (χ1n) is 7.12. The van der Waals surface area contributed by atoms with Crippen molar-refractivity contribution in [1.29, 1.82) is 0 Å². The van der Waals surface area contributed by atoms with Crippen LogP contribution < -0.4 is 14.8 Å². The van der Waals surface area contributed by atoms with E-state index >= 15 is 0 Å². The van der Waals surface area contributed by atoms with Gasteiger partial charge < -0.3 is 14.8 Å². The highest BCUT2D eigenvalue weighted by Crippen LogP contribution is 2.31. The molecule has 0 unspecified atom stereocenters. The number of halogens is 1. The van der Waals surface area contributed by atoms with Crippen molar-refractivity contribution in [2.45, 2.75) is 12.5 Å². The van der Waals surface area contributed by atoms with Crippen LogP contribution in [0.2, 0.25) is 0 Å². The number of para-hydroxylation sites is 1. The number of rotatable bonds is 4. The second-order valence-corrected chi connectivity index (χ2v) is 5.04. The molecule has 114 valence electrons. The van der Waals surface area contributed by atoms with Gasteiger partial charge in [0.2, 0.25) is 0 Å². The molecule has 0 radical (unpaired) electrons. The van der Waals surface area contributed by atoms with Gasteiger partial charge in [-0.2, -0.15) is 0 Å². The molecule has 0 fully saturated rings. The van der Waals surface area contributed by atoms with E-state index in [1.54, 1.807) is 6.07 Å². The normalized spacial score (nSPS) is 16.3. The van der Waals surface area contributed by atoms with E-state index in [9.17, 15) is 9.18 Å². The molecule has 1 amide bonds. The molecule has 1 aliphatic rings. The molecular formula is C17H16FNO3. The third-order valence-electron chi connectivity index (χ3n) is 3.46. The third-order valence-corrected chi connectivity index (χ3v) is 3.46. The summed E-state index contributed by atoms with van der Waals surface area (Å²) in [5, 5.41) is 2.92. The van der Waals surface area contributed by atoms with Crippen LogP contribution in [0, 0.1) is 5.82 Å². The highest BCUT2D eigenvalue weighted by atomic mass is 19.1. The summed E-state index contributed by atoms with van der Waals surface area (Å²) in [6.45, 7) is 0.412. The molecule has 0 aromatic heterocycles. The number of amides is 1. The number of fused-ring (bicyclic) bond motifs is 1. The molecule has 1 N–H and O–H groups in total. The number of hydrogen-bond donors (Lipinski definition) is 1.